The lowest BCUT2D eigenvalue weighted by atomic mass is 9.97. The highest BCUT2D eigenvalue weighted by atomic mass is 16.5. The number of nitrogens with zero attached hydrogens (tertiary/aromatic N) is 1. The fourth-order valence-electron chi connectivity index (χ4n) is 2.07. The van der Waals surface area contributed by atoms with E-state index in [0.717, 1.165) is 22.4 Å². The van der Waals surface area contributed by atoms with Crippen molar-refractivity contribution in [2.45, 2.75) is 32.9 Å². The van der Waals surface area contributed by atoms with Crippen molar-refractivity contribution in [2.75, 3.05) is 0 Å². The summed E-state index contributed by atoms with van der Waals surface area (Å²) in [6.07, 6.45) is 3.73. The zero-order valence-corrected chi connectivity index (χ0v) is 11.6. The number of rotatable bonds is 4. The summed E-state index contributed by atoms with van der Waals surface area (Å²) in [5, 5.41) is 0. The number of pyridine rings is 1. The second kappa shape index (κ2) is 5.85. The van der Waals surface area contributed by atoms with Gasteiger partial charge in [-0.1, -0.05) is 18.2 Å². The van der Waals surface area contributed by atoms with E-state index in [0.29, 0.717) is 0 Å². The monoisotopic (exact) mass is 256 g/mol. The van der Waals surface area contributed by atoms with Crippen molar-refractivity contribution >= 4 is 0 Å². The molecule has 0 aliphatic heterocycles. The Kier molecular flexibility index (Phi) is 4.17. The molecule has 19 heavy (non-hydrogen) atoms. The zero-order valence-electron chi connectivity index (χ0n) is 11.6. The largest absolute Gasteiger partial charge is 0.491 e. The van der Waals surface area contributed by atoms with Crippen LogP contribution < -0.4 is 10.5 Å². The van der Waals surface area contributed by atoms with E-state index in [4.69, 9.17) is 10.5 Å². The predicted molar refractivity (Wildman–Crippen MR) is 77.2 cm³/mol. The summed E-state index contributed by atoms with van der Waals surface area (Å²) in [4.78, 5) is 4.16. The second-order valence-electron chi connectivity index (χ2n) is 4.91. The van der Waals surface area contributed by atoms with Crippen molar-refractivity contribution in [1.29, 1.82) is 0 Å². The average molecular weight is 256 g/mol. The quantitative estimate of drug-likeness (QED) is 0.913. The van der Waals surface area contributed by atoms with Gasteiger partial charge in [-0.25, -0.2) is 0 Å². The molecule has 1 aromatic heterocycles. The van der Waals surface area contributed by atoms with Crippen LogP contribution in [0, 0.1) is 6.92 Å². The fourth-order valence-corrected chi connectivity index (χ4v) is 2.07. The lowest BCUT2D eigenvalue weighted by molar-refractivity contribution is 0.239. The van der Waals surface area contributed by atoms with Crippen LogP contribution in [0.4, 0.5) is 0 Å². The highest BCUT2D eigenvalue weighted by Crippen LogP contribution is 2.29. The molecule has 0 amide bonds. The van der Waals surface area contributed by atoms with Crippen LogP contribution in [-0.4, -0.2) is 11.1 Å². The molecule has 1 unspecified atom stereocenters. The van der Waals surface area contributed by atoms with Crippen molar-refractivity contribution < 1.29 is 4.74 Å². The third-order valence-electron chi connectivity index (χ3n) is 3.03. The first-order valence-electron chi connectivity index (χ1n) is 6.51. The minimum Gasteiger partial charge on any atom is -0.491 e. The Balaban J connectivity index is 2.39. The van der Waals surface area contributed by atoms with Gasteiger partial charge in [0.2, 0.25) is 0 Å². The van der Waals surface area contributed by atoms with Crippen LogP contribution in [0.2, 0.25) is 0 Å². The van der Waals surface area contributed by atoms with E-state index < -0.39 is 0 Å². The number of para-hydroxylation sites is 1. The number of aryl methyl sites for hydroxylation is 1. The summed E-state index contributed by atoms with van der Waals surface area (Å²) >= 11 is 0. The van der Waals surface area contributed by atoms with Gasteiger partial charge < -0.3 is 10.5 Å². The van der Waals surface area contributed by atoms with Gasteiger partial charge in [-0.3, -0.25) is 4.98 Å². The maximum Gasteiger partial charge on any atom is 0.124 e. The molecule has 1 atom stereocenters. The maximum atomic E-state index is 6.37. The summed E-state index contributed by atoms with van der Waals surface area (Å²) in [6, 6.07) is 9.67. The first-order valence-corrected chi connectivity index (χ1v) is 6.51. The van der Waals surface area contributed by atoms with Crippen molar-refractivity contribution in [2.24, 2.45) is 5.73 Å². The predicted octanol–water partition coefficient (Wildman–Crippen LogP) is 3.23. The van der Waals surface area contributed by atoms with Gasteiger partial charge in [-0.2, -0.15) is 0 Å². The normalized spacial score (nSPS) is 12.5. The molecule has 1 aromatic carbocycles. The topological polar surface area (TPSA) is 48.1 Å². The van der Waals surface area contributed by atoms with Crippen molar-refractivity contribution in [3.63, 3.8) is 0 Å². The van der Waals surface area contributed by atoms with Gasteiger partial charge in [0, 0.05) is 18.0 Å². The maximum absolute atomic E-state index is 6.37. The number of hydrogen-bond acceptors (Lipinski definition) is 3. The number of ether oxygens (including phenoxy) is 1. The van der Waals surface area contributed by atoms with Crippen LogP contribution in [0.1, 0.15) is 36.6 Å². The minimum absolute atomic E-state index is 0.128. The van der Waals surface area contributed by atoms with Gasteiger partial charge >= 0.3 is 0 Å². The molecule has 0 fully saturated rings. The third-order valence-corrected chi connectivity index (χ3v) is 3.03. The molecule has 0 aliphatic rings. The van der Waals surface area contributed by atoms with Crippen LogP contribution in [0.3, 0.4) is 0 Å². The van der Waals surface area contributed by atoms with Crippen LogP contribution in [-0.2, 0) is 0 Å². The van der Waals surface area contributed by atoms with Gasteiger partial charge in [-0.05, 0) is 44.0 Å². The van der Waals surface area contributed by atoms with Gasteiger partial charge in [0.05, 0.1) is 12.1 Å². The van der Waals surface area contributed by atoms with Gasteiger partial charge in [0.25, 0.3) is 0 Å². The van der Waals surface area contributed by atoms with Gasteiger partial charge in [-0.15, -0.1) is 0 Å². The lowest BCUT2D eigenvalue weighted by Gasteiger charge is -2.20. The van der Waals surface area contributed by atoms with E-state index in [9.17, 15) is 0 Å². The SMILES string of the molecule is Cc1ccncc1C(N)c1ccccc1OC(C)C. The van der Waals surface area contributed by atoms with Crippen LogP contribution >= 0.6 is 0 Å². The van der Waals surface area contributed by atoms with E-state index in [1.165, 1.54) is 0 Å². The lowest BCUT2D eigenvalue weighted by Crippen LogP contribution is -2.16. The summed E-state index contributed by atoms with van der Waals surface area (Å²) in [5.41, 5.74) is 9.54. The summed E-state index contributed by atoms with van der Waals surface area (Å²) in [5.74, 6) is 0.841. The van der Waals surface area contributed by atoms with E-state index in [2.05, 4.69) is 4.98 Å². The zero-order chi connectivity index (χ0) is 13.8. The molecule has 0 radical (unpaired) electrons. The molecule has 1 heterocycles. The summed E-state index contributed by atoms with van der Waals surface area (Å²) in [7, 11) is 0. The highest BCUT2D eigenvalue weighted by Gasteiger charge is 2.16. The number of nitrogens with two attached hydrogens (primary N) is 1. The first kappa shape index (κ1) is 13.6. The Hall–Kier alpha value is -1.87. The van der Waals surface area contributed by atoms with Gasteiger partial charge in [0.1, 0.15) is 5.75 Å². The summed E-state index contributed by atoms with van der Waals surface area (Å²) < 4.78 is 5.83. The van der Waals surface area contributed by atoms with Gasteiger partial charge in [0.15, 0.2) is 0 Å². The fraction of sp³-hybridized carbons (Fsp3) is 0.312. The highest BCUT2D eigenvalue weighted by molar-refractivity contribution is 5.42. The Morgan fingerprint density at radius 1 is 1.11 bits per heavy atom. The molecule has 0 saturated carbocycles. The molecule has 0 spiro atoms. The molecular formula is C16H20N2O. The smallest absolute Gasteiger partial charge is 0.124 e. The Labute approximate surface area is 114 Å². The van der Waals surface area contributed by atoms with Crippen molar-refractivity contribution in [3.8, 4) is 5.75 Å². The molecule has 100 valence electrons. The molecule has 3 heteroatoms. The van der Waals surface area contributed by atoms with Crippen LogP contribution in [0.5, 0.6) is 5.75 Å². The average Bonchev–Trinajstić information content (AvgIpc) is 2.38. The molecule has 0 bridgehead atoms. The van der Waals surface area contributed by atoms with E-state index in [-0.39, 0.29) is 12.1 Å². The van der Waals surface area contributed by atoms with Crippen LogP contribution in [0.15, 0.2) is 42.7 Å². The van der Waals surface area contributed by atoms with E-state index >= 15 is 0 Å². The molecule has 2 N–H and O–H groups in total. The molecule has 2 rings (SSSR count). The first-order chi connectivity index (χ1) is 9.09. The van der Waals surface area contributed by atoms with E-state index in [1.54, 1.807) is 6.20 Å². The van der Waals surface area contributed by atoms with Crippen LogP contribution in [0.25, 0.3) is 0 Å². The van der Waals surface area contributed by atoms with Crippen molar-refractivity contribution in [1.82, 2.24) is 4.98 Å². The van der Waals surface area contributed by atoms with E-state index in [1.807, 2.05) is 57.3 Å². The Bertz CT molecular complexity index is 552. The Morgan fingerprint density at radius 3 is 2.53 bits per heavy atom. The molecule has 2 aromatic rings. The third kappa shape index (κ3) is 3.12. The molecule has 0 saturated heterocycles. The molecule has 3 nitrogen and oxygen atoms in total. The molecule has 0 aliphatic carbocycles. The number of aromatic nitrogens is 1. The summed E-state index contributed by atoms with van der Waals surface area (Å²) in [6.45, 7) is 6.07. The number of hydrogen-bond donors (Lipinski definition) is 1. The Morgan fingerprint density at radius 2 is 1.84 bits per heavy atom. The second-order valence-corrected chi connectivity index (χ2v) is 4.91. The van der Waals surface area contributed by atoms with Crippen molar-refractivity contribution in [3.05, 3.63) is 59.4 Å². The standard InChI is InChI=1S/C16H20N2O/c1-11(2)19-15-7-5-4-6-13(15)16(17)14-10-18-9-8-12(14)3/h4-11,16H,17H2,1-3H3. The number of benzene rings is 1. The molecular weight excluding hydrogens is 236 g/mol. The minimum atomic E-state index is -0.219.